The summed E-state index contributed by atoms with van der Waals surface area (Å²) in [6, 6.07) is 2.35. The highest BCUT2D eigenvalue weighted by Gasteiger charge is 2.25. The molecule has 0 bridgehead atoms. The van der Waals surface area contributed by atoms with Crippen molar-refractivity contribution in [3.05, 3.63) is 29.1 Å². The van der Waals surface area contributed by atoms with Crippen molar-refractivity contribution >= 4 is 0 Å². The summed E-state index contributed by atoms with van der Waals surface area (Å²) in [6.45, 7) is 6.57. The third-order valence-electron chi connectivity index (χ3n) is 2.83. The van der Waals surface area contributed by atoms with E-state index in [-0.39, 0.29) is 0 Å². The molecule has 0 saturated heterocycles. The van der Waals surface area contributed by atoms with Crippen molar-refractivity contribution in [2.24, 2.45) is 0 Å². The number of pyridine rings is 1. The van der Waals surface area contributed by atoms with Gasteiger partial charge in [0.1, 0.15) is 0 Å². The third-order valence-corrected chi connectivity index (χ3v) is 2.83. The van der Waals surface area contributed by atoms with Gasteiger partial charge in [-0.05, 0) is 42.7 Å². The topological polar surface area (TPSA) is 12.9 Å². The van der Waals surface area contributed by atoms with E-state index in [2.05, 4.69) is 31.8 Å². The standard InChI is InChI=1S/C12H17N/c1-8(2)11-6-12(10-4-5-10)9(3)13-7-11/h6-8,10H,4-5H2,1-3H3. The van der Waals surface area contributed by atoms with Crippen molar-refractivity contribution in [2.75, 3.05) is 0 Å². The van der Waals surface area contributed by atoms with E-state index in [4.69, 9.17) is 0 Å². The maximum Gasteiger partial charge on any atom is 0.0407 e. The minimum absolute atomic E-state index is 0.602. The first-order valence-corrected chi connectivity index (χ1v) is 5.15. The molecule has 0 aliphatic heterocycles. The van der Waals surface area contributed by atoms with Gasteiger partial charge in [-0.1, -0.05) is 19.9 Å². The van der Waals surface area contributed by atoms with E-state index in [1.54, 1.807) is 0 Å². The number of nitrogens with zero attached hydrogens (tertiary/aromatic N) is 1. The van der Waals surface area contributed by atoms with Crippen molar-refractivity contribution in [3.8, 4) is 0 Å². The van der Waals surface area contributed by atoms with Gasteiger partial charge in [0.25, 0.3) is 0 Å². The highest BCUT2D eigenvalue weighted by atomic mass is 14.7. The van der Waals surface area contributed by atoms with Gasteiger partial charge < -0.3 is 0 Å². The lowest BCUT2D eigenvalue weighted by atomic mass is 10.0. The second-order valence-electron chi connectivity index (χ2n) is 4.37. The van der Waals surface area contributed by atoms with E-state index < -0.39 is 0 Å². The number of hydrogen-bond acceptors (Lipinski definition) is 1. The smallest absolute Gasteiger partial charge is 0.0407 e. The van der Waals surface area contributed by atoms with Gasteiger partial charge in [0, 0.05) is 11.9 Å². The zero-order valence-electron chi connectivity index (χ0n) is 8.67. The van der Waals surface area contributed by atoms with Crippen LogP contribution in [0.5, 0.6) is 0 Å². The van der Waals surface area contributed by atoms with Crippen LogP contribution in [0.25, 0.3) is 0 Å². The van der Waals surface area contributed by atoms with Gasteiger partial charge in [0.15, 0.2) is 0 Å². The van der Waals surface area contributed by atoms with Crippen molar-refractivity contribution in [2.45, 2.75) is 45.4 Å². The van der Waals surface area contributed by atoms with Gasteiger partial charge in [-0.3, -0.25) is 4.98 Å². The van der Waals surface area contributed by atoms with Crippen LogP contribution >= 0.6 is 0 Å². The zero-order chi connectivity index (χ0) is 9.42. The lowest BCUT2D eigenvalue weighted by Gasteiger charge is -2.09. The Balaban J connectivity index is 2.36. The zero-order valence-corrected chi connectivity index (χ0v) is 8.67. The molecule has 1 fully saturated rings. The molecule has 1 heterocycles. The monoisotopic (exact) mass is 175 g/mol. The van der Waals surface area contributed by atoms with Gasteiger partial charge in [-0.2, -0.15) is 0 Å². The van der Waals surface area contributed by atoms with E-state index in [9.17, 15) is 0 Å². The third kappa shape index (κ3) is 1.74. The molecular weight excluding hydrogens is 158 g/mol. The van der Waals surface area contributed by atoms with Crippen molar-refractivity contribution < 1.29 is 0 Å². The molecule has 0 unspecified atom stereocenters. The molecule has 0 amide bonds. The summed E-state index contributed by atoms with van der Waals surface area (Å²) in [6.07, 6.45) is 4.75. The molecule has 0 N–H and O–H groups in total. The Kier molecular flexibility index (Phi) is 2.10. The van der Waals surface area contributed by atoms with E-state index in [1.165, 1.54) is 29.7 Å². The largest absolute Gasteiger partial charge is 0.261 e. The Morgan fingerprint density at radius 2 is 2.08 bits per heavy atom. The minimum Gasteiger partial charge on any atom is -0.261 e. The van der Waals surface area contributed by atoms with Gasteiger partial charge in [0.2, 0.25) is 0 Å². The van der Waals surface area contributed by atoms with Crippen LogP contribution in [-0.2, 0) is 0 Å². The summed E-state index contributed by atoms with van der Waals surface area (Å²) >= 11 is 0. The fraction of sp³-hybridized carbons (Fsp3) is 0.583. The molecule has 1 heteroatoms. The number of hydrogen-bond donors (Lipinski definition) is 0. The molecule has 1 nitrogen and oxygen atoms in total. The summed E-state index contributed by atoms with van der Waals surface area (Å²) in [5, 5.41) is 0. The van der Waals surface area contributed by atoms with Crippen LogP contribution in [-0.4, -0.2) is 4.98 Å². The molecule has 70 valence electrons. The lowest BCUT2D eigenvalue weighted by molar-refractivity contribution is 0.846. The Bertz CT molecular complexity index is 311. The minimum atomic E-state index is 0.602. The predicted octanol–water partition coefficient (Wildman–Crippen LogP) is 3.39. The van der Waals surface area contributed by atoms with E-state index in [0.29, 0.717) is 5.92 Å². The van der Waals surface area contributed by atoms with Crippen LogP contribution in [0.1, 0.15) is 55.3 Å². The highest BCUT2D eigenvalue weighted by molar-refractivity contribution is 5.32. The number of aromatic nitrogens is 1. The molecule has 1 aromatic rings. The average molecular weight is 175 g/mol. The Labute approximate surface area is 80.2 Å². The molecule has 2 rings (SSSR count). The number of rotatable bonds is 2. The summed E-state index contributed by atoms with van der Waals surface area (Å²) in [5.74, 6) is 1.43. The highest BCUT2D eigenvalue weighted by Crippen LogP contribution is 2.41. The van der Waals surface area contributed by atoms with Gasteiger partial charge >= 0.3 is 0 Å². The Morgan fingerprint density at radius 1 is 1.38 bits per heavy atom. The van der Waals surface area contributed by atoms with Gasteiger partial charge in [-0.25, -0.2) is 0 Å². The second kappa shape index (κ2) is 3.13. The molecule has 1 saturated carbocycles. The van der Waals surface area contributed by atoms with Crippen LogP contribution in [0.3, 0.4) is 0 Å². The molecule has 1 aliphatic rings. The first-order valence-electron chi connectivity index (χ1n) is 5.15. The van der Waals surface area contributed by atoms with E-state index in [0.717, 1.165) is 5.92 Å². The van der Waals surface area contributed by atoms with Crippen molar-refractivity contribution in [1.82, 2.24) is 4.98 Å². The molecule has 0 radical (unpaired) electrons. The maximum absolute atomic E-state index is 4.46. The van der Waals surface area contributed by atoms with Crippen LogP contribution in [0.15, 0.2) is 12.3 Å². The Morgan fingerprint density at radius 3 is 2.62 bits per heavy atom. The predicted molar refractivity (Wildman–Crippen MR) is 55.0 cm³/mol. The molecular formula is C12H17N. The fourth-order valence-corrected chi connectivity index (χ4v) is 1.69. The normalized spacial score (nSPS) is 16.6. The molecule has 0 aromatic carbocycles. The van der Waals surface area contributed by atoms with Crippen LogP contribution < -0.4 is 0 Å². The molecule has 0 spiro atoms. The van der Waals surface area contributed by atoms with E-state index >= 15 is 0 Å². The molecule has 1 aliphatic carbocycles. The quantitative estimate of drug-likeness (QED) is 0.671. The fourth-order valence-electron chi connectivity index (χ4n) is 1.69. The summed E-state index contributed by atoms with van der Waals surface area (Å²) in [5.41, 5.74) is 4.10. The summed E-state index contributed by atoms with van der Waals surface area (Å²) in [7, 11) is 0. The second-order valence-corrected chi connectivity index (χ2v) is 4.37. The van der Waals surface area contributed by atoms with Crippen molar-refractivity contribution in [3.63, 3.8) is 0 Å². The molecule has 1 aromatic heterocycles. The average Bonchev–Trinajstić information content (AvgIpc) is 2.87. The molecule has 0 atom stereocenters. The first-order chi connectivity index (χ1) is 6.18. The first kappa shape index (κ1) is 8.74. The lowest BCUT2D eigenvalue weighted by Crippen LogP contribution is -1.95. The van der Waals surface area contributed by atoms with Gasteiger partial charge in [-0.15, -0.1) is 0 Å². The van der Waals surface area contributed by atoms with Crippen LogP contribution in [0.2, 0.25) is 0 Å². The van der Waals surface area contributed by atoms with Gasteiger partial charge in [0.05, 0.1) is 0 Å². The maximum atomic E-state index is 4.46. The SMILES string of the molecule is Cc1ncc(C(C)C)cc1C1CC1. The molecule has 13 heavy (non-hydrogen) atoms. The van der Waals surface area contributed by atoms with E-state index in [1.807, 2.05) is 6.20 Å². The number of aryl methyl sites for hydroxylation is 1. The summed E-state index contributed by atoms with van der Waals surface area (Å²) in [4.78, 5) is 4.46. The van der Waals surface area contributed by atoms with Crippen LogP contribution in [0.4, 0.5) is 0 Å². The van der Waals surface area contributed by atoms with Crippen molar-refractivity contribution in [1.29, 1.82) is 0 Å². The Hall–Kier alpha value is -0.850. The summed E-state index contributed by atoms with van der Waals surface area (Å²) < 4.78 is 0. The van der Waals surface area contributed by atoms with Crippen LogP contribution in [0, 0.1) is 6.92 Å².